The number of hydrogen-bond donors (Lipinski definition) is 1. The van der Waals surface area contributed by atoms with Crippen molar-refractivity contribution >= 4 is 17.4 Å². The Morgan fingerprint density at radius 3 is 2.95 bits per heavy atom. The normalized spacial score (nSPS) is 29.4. The van der Waals surface area contributed by atoms with E-state index in [0.717, 1.165) is 31.0 Å². The quantitative estimate of drug-likeness (QED) is 0.853. The molecule has 1 aromatic heterocycles. The molecule has 2 aliphatic rings. The van der Waals surface area contributed by atoms with Gasteiger partial charge in [0.25, 0.3) is 0 Å². The van der Waals surface area contributed by atoms with Crippen LogP contribution in [0.3, 0.4) is 0 Å². The van der Waals surface area contributed by atoms with Crippen LogP contribution in [0.1, 0.15) is 24.1 Å². The fourth-order valence-electron chi connectivity index (χ4n) is 3.38. The number of rotatable bonds is 1. The van der Waals surface area contributed by atoms with Gasteiger partial charge in [-0.2, -0.15) is 5.26 Å². The van der Waals surface area contributed by atoms with Crippen molar-refractivity contribution < 1.29 is 0 Å². The second-order valence-corrected chi connectivity index (χ2v) is 6.02. The Bertz CT molecular complexity index is 551. The number of pyridine rings is 1. The van der Waals surface area contributed by atoms with Crippen molar-refractivity contribution in [2.75, 3.05) is 18.0 Å². The van der Waals surface area contributed by atoms with Gasteiger partial charge in [-0.15, -0.1) is 0 Å². The molecule has 3 atom stereocenters. The summed E-state index contributed by atoms with van der Waals surface area (Å²) in [7, 11) is 0. The van der Waals surface area contributed by atoms with Crippen LogP contribution < -0.4 is 10.6 Å². The number of hydrogen-bond acceptors (Lipinski definition) is 4. The summed E-state index contributed by atoms with van der Waals surface area (Å²) in [5.74, 6) is 2.04. The van der Waals surface area contributed by atoms with Crippen LogP contribution in [0, 0.1) is 30.1 Å². The Hall–Kier alpha value is -1.31. The monoisotopic (exact) mass is 276 g/mol. The van der Waals surface area contributed by atoms with Gasteiger partial charge in [-0.25, -0.2) is 4.98 Å². The molecule has 3 rings (SSSR count). The topological polar surface area (TPSA) is 65.9 Å². The van der Waals surface area contributed by atoms with Crippen LogP contribution >= 0.6 is 11.6 Å². The lowest BCUT2D eigenvalue weighted by atomic mass is 9.98. The second kappa shape index (κ2) is 4.66. The van der Waals surface area contributed by atoms with E-state index in [4.69, 9.17) is 22.6 Å². The highest BCUT2D eigenvalue weighted by Crippen LogP contribution is 2.40. The number of anilines is 1. The first kappa shape index (κ1) is 12.7. The third-order valence-corrected chi connectivity index (χ3v) is 4.76. The van der Waals surface area contributed by atoms with E-state index in [1.165, 1.54) is 6.42 Å². The van der Waals surface area contributed by atoms with Crippen LogP contribution in [0.2, 0.25) is 5.02 Å². The first-order valence-corrected chi connectivity index (χ1v) is 7.05. The summed E-state index contributed by atoms with van der Waals surface area (Å²) in [6.45, 7) is 3.77. The summed E-state index contributed by atoms with van der Waals surface area (Å²) < 4.78 is 0. The SMILES string of the molecule is Cc1nc(N2CC3CCC(N)C3C2)c(Cl)cc1C#N. The molecule has 5 heteroatoms. The molecule has 0 aromatic carbocycles. The predicted molar refractivity (Wildman–Crippen MR) is 75.1 cm³/mol. The van der Waals surface area contributed by atoms with Gasteiger partial charge in [0, 0.05) is 19.1 Å². The molecule has 2 N–H and O–H groups in total. The molecule has 1 saturated heterocycles. The molecular formula is C14H17ClN4. The lowest BCUT2D eigenvalue weighted by molar-refractivity contribution is 0.453. The van der Waals surface area contributed by atoms with Crippen LogP contribution in [0.15, 0.2) is 6.07 Å². The fraction of sp³-hybridized carbons (Fsp3) is 0.571. The minimum atomic E-state index is 0.313. The van der Waals surface area contributed by atoms with Gasteiger partial charge in [-0.3, -0.25) is 0 Å². The van der Waals surface area contributed by atoms with E-state index < -0.39 is 0 Å². The highest BCUT2D eigenvalue weighted by Gasteiger charge is 2.41. The zero-order valence-electron chi connectivity index (χ0n) is 10.9. The first-order valence-electron chi connectivity index (χ1n) is 6.68. The van der Waals surface area contributed by atoms with Gasteiger partial charge >= 0.3 is 0 Å². The van der Waals surface area contributed by atoms with Gasteiger partial charge in [0.05, 0.1) is 16.3 Å². The lowest BCUT2D eigenvalue weighted by Gasteiger charge is -2.21. The maximum atomic E-state index is 8.99. The predicted octanol–water partition coefficient (Wildman–Crippen LogP) is 2.09. The van der Waals surface area contributed by atoms with Crippen LogP contribution in [0.25, 0.3) is 0 Å². The van der Waals surface area contributed by atoms with Gasteiger partial charge in [0.1, 0.15) is 11.9 Å². The number of fused-ring (bicyclic) bond motifs is 1. The van der Waals surface area contributed by atoms with E-state index in [9.17, 15) is 0 Å². The Balaban J connectivity index is 1.89. The van der Waals surface area contributed by atoms with Crippen LogP contribution in [-0.2, 0) is 0 Å². The minimum absolute atomic E-state index is 0.313. The summed E-state index contributed by atoms with van der Waals surface area (Å²) in [6, 6.07) is 4.14. The molecule has 1 saturated carbocycles. The third-order valence-electron chi connectivity index (χ3n) is 4.48. The summed E-state index contributed by atoms with van der Waals surface area (Å²) in [5.41, 5.74) is 7.44. The summed E-state index contributed by atoms with van der Waals surface area (Å²) >= 11 is 6.27. The average molecular weight is 277 g/mol. The van der Waals surface area contributed by atoms with Gasteiger partial charge in [0.15, 0.2) is 0 Å². The van der Waals surface area contributed by atoms with E-state index in [2.05, 4.69) is 16.0 Å². The lowest BCUT2D eigenvalue weighted by Crippen LogP contribution is -2.30. The number of nitrogens with two attached hydrogens (primary N) is 1. The van der Waals surface area contributed by atoms with Crippen LogP contribution in [-0.4, -0.2) is 24.1 Å². The number of halogens is 1. The highest BCUT2D eigenvalue weighted by atomic mass is 35.5. The molecule has 2 heterocycles. The number of aromatic nitrogens is 1. The van der Waals surface area contributed by atoms with Crippen molar-refractivity contribution in [2.45, 2.75) is 25.8 Å². The molecule has 0 bridgehead atoms. The molecule has 100 valence electrons. The van der Waals surface area contributed by atoms with Crippen molar-refractivity contribution in [3.63, 3.8) is 0 Å². The Kier molecular flexibility index (Phi) is 3.12. The fourth-order valence-corrected chi connectivity index (χ4v) is 3.65. The third kappa shape index (κ3) is 2.07. The van der Waals surface area contributed by atoms with Gasteiger partial charge in [-0.1, -0.05) is 11.6 Å². The number of aryl methyl sites for hydroxylation is 1. The van der Waals surface area contributed by atoms with Crippen molar-refractivity contribution in [3.05, 3.63) is 22.3 Å². The van der Waals surface area contributed by atoms with Crippen LogP contribution in [0.5, 0.6) is 0 Å². The molecule has 19 heavy (non-hydrogen) atoms. The molecule has 0 radical (unpaired) electrons. The minimum Gasteiger partial charge on any atom is -0.355 e. The van der Waals surface area contributed by atoms with Crippen molar-refractivity contribution in [3.8, 4) is 6.07 Å². The molecule has 0 amide bonds. The van der Waals surface area contributed by atoms with Gasteiger partial charge < -0.3 is 10.6 Å². The maximum Gasteiger partial charge on any atom is 0.147 e. The molecule has 4 nitrogen and oxygen atoms in total. The largest absolute Gasteiger partial charge is 0.355 e. The smallest absolute Gasteiger partial charge is 0.147 e. The molecule has 1 aliphatic carbocycles. The molecule has 1 aromatic rings. The Labute approximate surface area is 118 Å². The van der Waals surface area contributed by atoms with E-state index >= 15 is 0 Å². The first-order chi connectivity index (χ1) is 9.10. The van der Waals surface area contributed by atoms with Gasteiger partial charge in [-0.05, 0) is 37.7 Å². The zero-order valence-corrected chi connectivity index (χ0v) is 11.7. The van der Waals surface area contributed by atoms with E-state index in [0.29, 0.717) is 28.5 Å². The van der Waals surface area contributed by atoms with Crippen molar-refractivity contribution in [2.24, 2.45) is 17.6 Å². The number of nitrogens with zero attached hydrogens (tertiary/aromatic N) is 3. The summed E-state index contributed by atoms with van der Waals surface area (Å²) in [6.07, 6.45) is 2.34. The van der Waals surface area contributed by atoms with E-state index in [-0.39, 0.29) is 0 Å². The second-order valence-electron chi connectivity index (χ2n) is 5.61. The average Bonchev–Trinajstić information content (AvgIpc) is 2.94. The highest BCUT2D eigenvalue weighted by molar-refractivity contribution is 6.33. The maximum absolute atomic E-state index is 8.99. The van der Waals surface area contributed by atoms with Crippen molar-refractivity contribution in [1.82, 2.24) is 4.98 Å². The van der Waals surface area contributed by atoms with E-state index in [1.807, 2.05) is 6.92 Å². The Morgan fingerprint density at radius 2 is 2.26 bits per heavy atom. The molecule has 2 fully saturated rings. The molecule has 1 aliphatic heterocycles. The van der Waals surface area contributed by atoms with Crippen LogP contribution in [0.4, 0.5) is 5.82 Å². The van der Waals surface area contributed by atoms with Gasteiger partial charge in [0.2, 0.25) is 0 Å². The van der Waals surface area contributed by atoms with E-state index in [1.54, 1.807) is 6.07 Å². The Morgan fingerprint density at radius 1 is 1.47 bits per heavy atom. The number of nitriles is 1. The summed E-state index contributed by atoms with van der Waals surface area (Å²) in [4.78, 5) is 6.74. The summed E-state index contributed by atoms with van der Waals surface area (Å²) in [5, 5.41) is 9.55. The standard InChI is InChI=1S/C14H17ClN4/c1-8-10(5-16)4-12(15)14(18-8)19-6-9-2-3-13(17)11(9)7-19/h4,9,11,13H,2-3,6-7,17H2,1H3. The zero-order chi connectivity index (χ0) is 13.6. The molecular weight excluding hydrogens is 260 g/mol. The molecule has 3 unspecified atom stereocenters. The molecule has 0 spiro atoms. The van der Waals surface area contributed by atoms with Crippen molar-refractivity contribution in [1.29, 1.82) is 5.26 Å².